The lowest BCUT2D eigenvalue weighted by Crippen LogP contribution is -2.76. The highest BCUT2D eigenvalue weighted by Gasteiger charge is 2.67. The lowest BCUT2D eigenvalue weighted by Gasteiger charge is -2.52. The second-order valence-corrected chi connectivity index (χ2v) is 16.1. The van der Waals surface area contributed by atoms with Gasteiger partial charge in [0.25, 0.3) is 0 Å². The number of rotatable bonds is 19. The molecule has 1 N–H and O–H groups in total. The highest BCUT2D eigenvalue weighted by atomic mass is 16.8. The van der Waals surface area contributed by atoms with E-state index in [1.807, 2.05) is 0 Å². The Kier molecular flexibility index (Phi) is 18.9. The Morgan fingerprint density at radius 1 is 0.652 bits per heavy atom. The van der Waals surface area contributed by atoms with Gasteiger partial charge in [-0.25, -0.2) is 14.4 Å². The molecule has 372 valence electrons. The van der Waals surface area contributed by atoms with E-state index < -0.39 is 127 Å². The number of nitrogens with one attached hydrogen (secondary N) is 1. The molecule has 3 aromatic carbocycles. The number of amides is 1. The number of hydrogen-bond donors (Lipinski definition) is 1. The molecular weight excluding hydrogens is 907 g/mol. The summed E-state index contributed by atoms with van der Waals surface area (Å²) in [5.74, 6) is -10.6. The zero-order chi connectivity index (χ0) is 50.4. The standard InChI is InChI=1S/C49H57NO19/c1-9-36(63-29(4)52)41(64-30(5)53)42-38(50-28(3)51)43(65-31(6)54)45(66-32(7)55)49(69-42,48(58)59-8)61-26-37-40(60-25-33-19-13-10-14-20-33)44(68-47(57)35-23-17-12-18-24-35)39(27(2)62-37)67-46(56)34-21-15-11-16-22-34/h10-24,27,36-45H,9,25-26H2,1-8H3,(H,50,51)/t27-,36+,37?,38-,39?,40-,41+,42?,43-,44+,45?,49+/m0/s1. The van der Waals surface area contributed by atoms with Crippen LogP contribution in [-0.4, -0.2) is 134 Å². The second kappa shape index (κ2) is 24.5. The molecule has 0 radical (unpaired) electrons. The molecule has 4 unspecified atom stereocenters. The van der Waals surface area contributed by atoms with Gasteiger partial charge < -0.3 is 57.4 Å². The smallest absolute Gasteiger partial charge is 0.370 e. The first kappa shape index (κ1) is 53.2. The maximum Gasteiger partial charge on any atom is 0.370 e. The van der Waals surface area contributed by atoms with Crippen LogP contribution >= 0.6 is 0 Å². The van der Waals surface area contributed by atoms with Crippen LogP contribution in [0.2, 0.25) is 0 Å². The third-order valence-electron chi connectivity index (χ3n) is 11.0. The van der Waals surface area contributed by atoms with Crippen molar-refractivity contribution in [3.8, 4) is 0 Å². The summed E-state index contributed by atoms with van der Waals surface area (Å²) in [6.07, 6.45) is -15.6. The minimum Gasteiger partial charge on any atom is -0.465 e. The van der Waals surface area contributed by atoms with E-state index in [9.17, 15) is 38.4 Å². The van der Waals surface area contributed by atoms with Crippen LogP contribution in [-0.2, 0) is 87.5 Å². The van der Waals surface area contributed by atoms with Crippen molar-refractivity contribution in [2.24, 2.45) is 0 Å². The van der Waals surface area contributed by atoms with Crippen LogP contribution in [0, 0.1) is 0 Å². The summed E-state index contributed by atoms with van der Waals surface area (Å²) in [5, 5.41) is 2.58. The predicted molar refractivity (Wildman–Crippen MR) is 236 cm³/mol. The number of carbonyl (C=O) groups excluding carboxylic acids is 8. The fourth-order valence-corrected chi connectivity index (χ4v) is 8.11. The van der Waals surface area contributed by atoms with E-state index in [2.05, 4.69) is 5.32 Å². The van der Waals surface area contributed by atoms with Gasteiger partial charge >= 0.3 is 47.6 Å². The topological polar surface area (TPSA) is 250 Å². The van der Waals surface area contributed by atoms with Crippen molar-refractivity contribution in [3.05, 3.63) is 108 Å². The number of methoxy groups -OCH3 is 1. The fourth-order valence-electron chi connectivity index (χ4n) is 8.11. The Morgan fingerprint density at radius 3 is 1.68 bits per heavy atom. The maximum atomic E-state index is 14.6. The van der Waals surface area contributed by atoms with Crippen LogP contribution in [0.1, 0.15) is 81.2 Å². The van der Waals surface area contributed by atoms with Crippen LogP contribution in [0.15, 0.2) is 91.0 Å². The number of carbonyl (C=O) groups is 8. The van der Waals surface area contributed by atoms with Gasteiger partial charge in [-0.15, -0.1) is 0 Å². The van der Waals surface area contributed by atoms with Gasteiger partial charge in [0, 0.05) is 34.6 Å². The summed E-state index contributed by atoms with van der Waals surface area (Å²) in [6.45, 7) is 7.41. The molecular formula is C49H57NO19. The molecule has 0 aromatic heterocycles. The van der Waals surface area contributed by atoms with Gasteiger partial charge in [0.15, 0.2) is 24.4 Å². The first-order valence-corrected chi connectivity index (χ1v) is 22.1. The molecule has 69 heavy (non-hydrogen) atoms. The van der Waals surface area contributed by atoms with Crippen molar-refractivity contribution in [3.63, 3.8) is 0 Å². The molecule has 12 atom stereocenters. The van der Waals surface area contributed by atoms with Crippen LogP contribution in [0.25, 0.3) is 0 Å². The van der Waals surface area contributed by atoms with Crippen LogP contribution in [0.5, 0.6) is 0 Å². The minimum absolute atomic E-state index is 0.0325. The SMILES string of the molecule is CC[C@@H](OC(C)=O)[C@@H](OC(C)=O)C1O[C@@](OCC2O[C@@H](C)C(OC(=O)c3ccccc3)[C@@H](OC(=O)c3ccccc3)[C@H]2OCc2ccccc2)(C(=O)OC)C(OC(C)=O)[C@@H](OC(C)=O)[C@H]1NC(C)=O. The Bertz CT molecular complexity index is 2260. The van der Waals surface area contributed by atoms with Crippen LogP contribution in [0.3, 0.4) is 0 Å². The molecule has 1 amide bonds. The van der Waals surface area contributed by atoms with E-state index in [0.29, 0.717) is 5.56 Å². The van der Waals surface area contributed by atoms with Crippen molar-refractivity contribution in [2.75, 3.05) is 13.7 Å². The monoisotopic (exact) mass is 963 g/mol. The van der Waals surface area contributed by atoms with Gasteiger partial charge in [0.05, 0.1) is 43.6 Å². The largest absolute Gasteiger partial charge is 0.465 e. The van der Waals surface area contributed by atoms with Crippen molar-refractivity contribution in [1.82, 2.24) is 5.32 Å². The molecule has 0 spiro atoms. The summed E-state index contributed by atoms with van der Waals surface area (Å²) < 4.78 is 66.3. The van der Waals surface area contributed by atoms with Gasteiger partial charge in [-0.3, -0.25) is 24.0 Å². The maximum absolute atomic E-state index is 14.6. The molecule has 0 bridgehead atoms. The third kappa shape index (κ3) is 13.7. The molecule has 2 aliphatic heterocycles. The molecule has 2 fully saturated rings. The number of ether oxygens (including phenoxy) is 11. The molecule has 2 heterocycles. The molecule has 2 aliphatic rings. The van der Waals surface area contributed by atoms with Crippen molar-refractivity contribution < 1.29 is 90.5 Å². The predicted octanol–water partition coefficient (Wildman–Crippen LogP) is 3.74. The lowest BCUT2D eigenvalue weighted by atomic mass is 9.85. The summed E-state index contributed by atoms with van der Waals surface area (Å²) in [5.41, 5.74) is 0.974. The Balaban J connectivity index is 1.69. The molecule has 5 rings (SSSR count). The lowest BCUT2D eigenvalue weighted by molar-refractivity contribution is -0.358. The molecule has 20 nitrogen and oxygen atoms in total. The molecule has 0 aliphatic carbocycles. The molecule has 3 aromatic rings. The first-order valence-electron chi connectivity index (χ1n) is 22.1. The third-order valence-corrected chi connectivity index (χ3v) is 11.0. The van der Waals surface area contributed by atoms with E-state index in [-0.39, 0.29) is 24.2 Å². The molecule has 2 saturated heterocycles. The van der Waals surface area contributed by atoms with Crippen molar-refractivity contribution in [2.45, 2.75) is 134 Å². The fraction of sp³-hybridized carbons (Fsp3) is 0.469. The molecule has 0 saturated carbocycles. The van der Waals surface area contributed by atoms with Crippen molar-refractivity contribution in [1.29, 1.82) is 0 Å². The highest BCUT2D eigenvalue weighted by molar-refractivity contribution is 5.90. The van der Waals surface area contributed by atoms with Crippen molar-refractivity contribution >= 4 is 47.7 Å². The Hall–Kier alpha value is -6.74. The Labute approximate surface area is 398 Å². The summed E-state index contributed by atoms with van der Waals surface area (Å²) in [4.78, 5) is 106. The first-order chi connectivity index (χ1) is 32.9. The zero-order valence-electron chi connectivity index (χ0n) is 39.4. The zero-order valence-corrected chi connectivity index (χ0v) is 39.4. The van der Waals surface area contributed by atoms with Gasteiger partial charge in [0.1, 0.15) is 24.4 Å². The summed E-state index contributed by atoms with van der Waals surface area (Å²) in [7, 11) is 0.949. The van der Waals surface area contributed by atoms with E-state index in [1.165, 1.54) is 31.2 Å². The number of benzene rings is 3. The van der Waals surface area contributed by atoms with E-state index in [4.69, 9.17) is 52.1 Å². The minimum atomic E-state index is -3.02. The number of hydrogen-bond acceptors (Lipinski definition) is 19. The molecule has 20 heteroatoms. The van der Waals surface area contributed by atoms with E-state index in [0.717, 1.165) is 41.7 Å². The average molecular weight is 964 g/mol. The second-order valence-electron chi connectivity index (χ2n) is 16.1. The number of esters is 7. The average Bonchev–Trinajstić information content (AvgIpc) is 3.31. The van der Waals surface area contributed by atoms with E-state index in [1.54, 1.807) is 73.7 Å². The van der Waals surface area contributed by atoms with Gasteiger partial charge in [-0.2, -0.15) is 0 Å². The van der Waals surface area contributed by atoms with Gasteiger partial charge in [-0.1, -0.05) is 73.7 Å². The van der Waals surface area contributed by atoms with Gasteiger partial charge in [-0.05, 0) is 43.2 Å². The summed E-state index contributed by atoms with van der Waals surface area (Å²) in [6, 6.07) is 23.3. The van der Waals surface area contributed by atoms with E-state index >= 15 is 0 Å². The highest BCUT2D eigenvalue weighted by Crippen LogP contribution is 2.41. The summed E-state index contributed by atoms with van der Waals surface area (Å²) >= 11 is 0. The normalized spacial score (nSPS) is 26.1. The van der Waals surface area contributed by atoms with Crippen LogP contribution < -0.4 is 5.32 Å². The van der Waals surface area contributed by atoms with Crippen LogP contribution in [0.4, 0.5) is 0 Å². The Morgan fingerprint density at radius 2 is 1.19 bits per heavy atom. The quantitative estimate of drug-likeness (QED) is 0.133. The van der Waals surface area contributed by atoms with Gasteiger partial charge in [0.2, 0.25) is 12.0 Å².